The Morgan fingerprint density at radius 1 is 1.19 bits per heavy atom. The Hall–Kier alpha value is -2.74. The van der Waals surface area contributed by atoms with Crippen LogP contribution in [0.4, 0.5) is 5.69 Å². The van der Waals surface area contributed by atoms with Crippen molar-refractivity contribution >= 4 is 35.1 Å². The molecule has 1 aliphatic heterocycles. The van der Waals surface area contributed by atoms with E-state index >= 15 is 0 Å². The maximum atomic E-state index is 12.8. The van der Waals surface area contributed by atoms with Gasteiger partial charge in [0, 0.05) is 17.4 Å². The van der Waals surface area contributed by atoms with E-state index in [4.69, 9.17) is 11.6 Å². The summed E-state index contributed by atoms with van der Waals surface area (Å²) in [5, 5.41) is 22.9. The summed E-state index contributed by atoms with van der Waals surface area (Å²) in [4.78, 5) is 37.2. The second kappa shape index (κ2) is 7.87. The van der Waals surface area contributed by atoms with Gasteiger partial charge in [0.2, 0.25) is 5.91 Å². The van der Waals surface area contributed by atoms with Crippen LogP contribution in [0, 0.1) is 0 Å². The molecule has 2 amide bonds. The number of carboxylic acid groups (broad SMARTS) is 1. The third-order valence-corrected chi connectivity index (χ3v) is 4.64. The normalized spacial score (nSPS) is 18.2. The summed E-state index contributed by atoms with van der Waals surface area (Å²) in [6.45, 7) is 0. The van der Waals surface area contributed by atoms with Crippen LogP contribution >= 0.6 is 11.6 Å². The summed E-state index contributed by atoms with van der Waals surface area (Å²) < 4.78 is 0. The van der Waals surface area contributed by atoms with Crippen molar-refractivity contribution in [3.63, 3.8) is 0 Å². The largest absolute Gasteiger partial charge is 0.550 e. The molecule has 1 N–H and O–H groups in total. The summed E-state index contributed by atoms with van der Waals surface area (Å²) in [6, 6.07) is 12.3. The third kappa shape index (κ3) is 4.00. The molecule has 27 heavy (non-hydrogen) atoms. The Balaban J connectivity index is 1.87. The van der Waals surface area contributed by atoms with Gasteiger partial charge >= 0.3 is 0 Å². The number of imide groups is 1. The number of amides is 2. The van der Waals surface area contributed by atoms with Crippen LogP contribution in [0.25, 0.3) is 0 Å². The lowest BCUT2D eigenvalue weighted by atomic mass is 10.0. The number of carboxylic acids is 1. The van der Waals surface area contributed by atoms with E-state index in [1.807, 2.05) is 0 Å². The smallest absolute Gasteiger partial charge is 0.254 e. The second-order valence-corrected chi connectivity index (χ2v) is 6.58. The summed E-state index contributed by atoms with van der Waals surface area (Å²) in [5.41, 5.74) is 0.829. The lowest BCUT2D eigenvalue weighted by molar-refractivity contribution is -0.309. The van der Waals surface area contributed by atoms with E-state index in [2.05, 4.69) is 0 Å². The van der Waals surface area contributed by atoms with Gasteiger partial charge in [-0.1, -0.05) is 41.9 Å². The highest BCUT2D eigenvalue weighted by Crippen LogP contribution is 2.31. The summed E-state index contributed by atoms with van der Waals surface area (Å²) in [5.74, 6) is -2.51. The average Bonchev–Trinajstić information content (AvgIpc) is 2.95. The molecule has 2 atom stereocenters. The van der Waals surface area contributed by atoms with Gasteiger partial charge in [-0.2, -0.15) is 5.06 Å². The molecule has 0 spiro atoms. The number of rotatable bonds is 6. The molecule has 3 rings (SSSR count). The van der Waals surface area contributed by atoms with Crippen molar-refractivity contribution in [1.29, 1.82) is 0 Å². The predicted molar refractivity (Wildman–Crippen MR) is 94.8 cm³/mol. The minimum absolute atomic E-state index is 0.270. The van der Waals surface area contributed by atoms with Gasteiger partial charge in [-0.15, -0.1) is 0 Å². The molecule has 8 heteroatoms. The second-order valence-electron chi connectivity index (χ2n) is 6.15. The first-order valence-electron chi connectivity index (χ1n) is 8.23. The number of benzene rings is 2. The standard InChI is InChI=1S/C19H17ClN2O5/c20-13-6-8-14(9-7-13)21-17(23)10-16(19(21)26)22(27)15(11-18(24)25)12-4-2-1-3-5-12/h1-9,15-16,27H,10-11H2,(H,24,25)/p-1/t15-,16-/m0/s1. The number of carbonyl (C=O) groups is 3. The molecule has 0 saturated carbocycles. The van der Waals surface area contributed by atoms with Crippen LogP contribution < -0.4 is 10.0 Å². The molecule has 7 nitrogen and oxygen atoms in total. The average molecular weight is 388 g/mol. The highest BCUT2D eigenvalue weighted by atomic mass is 35.5. The molecule has 0 aromatic heterocycles. The maximum Gasteiger partial charge on any atom is 0.254 e. The van der Waals surface area contributed by atoms with E-state index in [-0.39, 0.29) is 6.42 Å². The predicted octanol–water partition coefficient (Wildman–Crippen LogP) is 1.54. The van der Waals surface area contributed by atoms with E-state index in [0.717, 1.165) is 4.90 Å². The van der Waals surface area contributed by atoms with E-state index in [9.17, 15) is 24.7 Å². The number of carbonyl (C=O) groups excluding carboxylic acids is 3. The molecule has 0 bridgehead atoms. The van der Waals surface area contributed by atoms with Crippen molar-refractivity contribution in [2.75, 3.05) is 4.90 Å². The fraction of sp³-hybridized carbons (Fsp3) is 0.211. The SMILES string of the molecule is O=C([O-])C[C@@H](c1ccccc1)N(O)[C@H]1CC(=O)N(c2ccc(Cl)cc2)C1=O. The monoisotopic (exact) mass is 387 g/mol. The van der Waals surface area contributed by atoms with Gasteiger partial charge in [0.25, 0.3) is 5.91 Å². The minimum Gasteiger partial charge on any atom is -0.550 e. The Morgan fingerprint density at radius 2 is 1.81 bits per heavy atom. The topological polar surface area (TPSA) is 101 Å². The van der Waals surface area contributed by atoms with Gasteiger partial charge < -0.3 is 15.1 Å². The van der Waals surface area contributed by atoms with Crippen LogP contribution in [-0.4, -0.2) is 34.1 Å². The molecule has 140 valence electrons. The Kier molecular flexibility index (Phi) is 5.55. The lowest BCUT2D eigenvalue weighted by Crippen LogP contribution is -2.43. The Bertz CT molecular complexity index is 856. The summed E-state index contributed by atoms with van der Waals surface area (Å²) in [6.07, 6.45) is -0.798. The number of halogens is 1. The number of anilines is 1. The van der Waals surface area contributed by atoms with Crippen LogP contribution in [-0.2, 0) is 14.4 Å². The maximum absolute atomic E-state index is 12.8. The van der Waals surface area contributed by atoms with Gasteiger partial charge in [0.05, 0.1) is 18.2 Å². The van der Waals surface area contributed by atoms with Gasteiger partial charge in [0.15, 0.2) is 0 Å². The first-order valence-corrected chi connectivity index (χ1v) is 8.60. The molecular weight excluding hydrogens is 372 g/mol. The number of hydroxylamine groups is 2. The number of aliphatic carboxylic acids is 1. The molecular formula is C19H16ClN2O5-. The molecule has 1 aliphatic rings. The van der Waals surface area contributed by atoms with Crippen molar-refractivity contribution < 1.29 is 24.7 Å². The Morgan fingerprint density at radius 3 is 2.41 bits per heavy atom. The fourth-order valence-corrected chi connectivity index (χ4v) is 3.22. The van der Waals surface area contributed by atoms with E-state index in [0.29, 0.717) is 21.3 Å². The van der Waals surface area contributed by atoms with E-state index < -0.39 is 36.3 Å². The zero-order valence-electron chi connectivity index (χ0n) is 14.1. The van der Waals surface area contributed by atoms with Gasteiger partial charge in [-0.05, 0) is 29.8 Å². The number of hydrogen-bond donors (Lipinski definition) is 1. The Labute approximate surface area is 160 Å². The van der Waals surface area contributed by atoms with Crippen molar-refractivity contribution in [3.05, 3.63) is 65.2 Å². The molecule has 1 fully saturated rings. The first-order chi connectivity index (χ1) is 12.9. The zero-order chi connectivity index (χ0) is 19.6. The van der Waals surface area contributed by atoms with Crippen LogP contribution in [0.5, 0.6) is 0 Å². The minimum atomic E-state index is -1.38. The molecule has 1 saturated heterocycles. The highest BCUT2D eigenvalue weighted by molar-refractivity contribution is 6.30. The van der Waals surface area contributed by atoms with Gasteiger partial charge in [-0.3, -0.25) is 9.59 Å². The van der Waals surface area contributed by atoms with Crippen LogP contribution in [0.3, 0.4) is 0 Å². The van der Waals surface area contributed by atoms with Crippen molar-refractivity contribution in [2.24, 2.45) is 0 Å². The van der Waals surface area contributed by atoms with Crippen molar-refractivity contribution in [1.82, 2.24) is 5.06 Å². The third-order valence-electron chi connectivity index (χ3n) is 4.39. The fourth-order valence-electron chi connectivity index (χ4n) is 3.10. The van der Waals surface area contributed by atoms with Gasteiger partial charge in [-0.25, -0.2) is 4.90 Å². The summed E-state index contributed by atoms with van der Waals surface area (Å²) >= 11 is 5.83. The number of hydrogen-bond acceptors (Lipinski definition) is 6. The van der Waals surface area contributed by atoms with E-state index in [1.165, 1.54) is 12.1 Å². The van der Waals surface area contributed by atoms with Gasteiger partial charge in [0.1, 0.15) is 6.04 Å². The molecule has 0 unspecified atom stereocenters. The number of nitrogens with zero attached hydrogens (tertiary/aromatic N) is 2. The molecule has 2 aromatic carbocycles. The van der Waals surface area contributed by atoms with Crippen molar-refractivity contribution in [2.45, 2.75) is 24.9 Å². The quantitative estimate of drug-likeness (QED) is 0.596. The zero-order valence-corrected chi connectivity index (χ0v) is 14.9. The molecule has 0 aliphatic carbocycles. The lowest BCUT2D eigenvalue weighted by Gasteiger charge is -2.30. The molecule has 2 aromatic rings. The highest BCUT2D eigenvalue weighted by Gasteiger charge is 2.44. The van der Waals surface area contributed by atoms with Crippen molar-refractivity contribution in [3.8, 4) is 0 Å². The summed E-state index contributed by atoms with van der Waals surface area (Å²) in [7, 11) is 0. The van der Waals surface area contributed by atoms with E-state index in [1.54, 1.807) is 42.5 Å². The molecule has 0 radical (unpaired) electrons. The van der Waals surface area contributed by atoms with Crippen LogP contribution in [0.15, 0.2) is 54.6 Å². The van der Waals surface area contributed by atoms with Crippen LogP contribution in [0.1, 0.15) is 24.4 Å². The van der Waals surface area contributed by atoms with Crippen LogP contribution in [0.2, 0.25) is 5.02 Å². The first kappa shape index (κ1) is 19.0. The molecule has 1 heterocycles.